The van der Waals surface area contributed by atoms with E-state index in [2.05, 4.69) is 24.3 Å². The smallest absolute Gasteiger partial charge is 0.134 e. The first-order chi connectivity index (χ1) is 8.43. The Morgan fingerprint density at radius 3 is 2.59 bits per heavy atom. The van der Waals surface area contributed by atoms with Gasteiger partial charge in [0, 0.05) is 10.9 Å². The van der Waals surface area contributed by atoms with Gasteiger partial charge < -0.3 is 4.42 Å². The molecule has 86 valence electrons. The second-order valence-corrected chi connectivity index (χ2v) is 6.20. The van der Waals surface area contributed by atoms with Crippen LogP contribution in [0.3, 0.4) is 0 Å². The molecule has 0 radical (unpaired) electrons. The van der Waals surface area contributed by atoms with Crippen molar-refractivity contribution in [3.05, 3.63) is 36.1 Å². The predicted octanol–water partition coefficient (Wildman–Crippen LogP) is 4.19. The normalized spacial score (nSPS) is 42.0. The summed E-state index contributed by atoms with van der Waals surface area (Å²) in [6, 6.07) is 8.51. The van der Waals surface area contributed by atoms with Crippen LogP contribution in [-0.4, -0.2) is 0 Å². The van der Waals surface area contributed by atoms with E-state index in [1.54, 1.807) is 0 Å². The molecule has 3 fully saturated rings. The first-order valence-electron chi connectivity index (χ1n) is 6.89. The molecule has 0 spiro atoms. The number of rotatable bonds is 1. The highest BCUT2D eigenvalue weighted by atomic mass is 16.3. The summed E-state index contributed by atoms with van der Waals surface area (Å²) in [5, 5.41) is 1.37. The maximum Gasteiger partial charge on any atom is 0.134 e. The lowest BCUT2D eigenvalue weighted by molar-refractivity contribution is 0.456. The molecule has 3 aliphatic rings. The van der Waals surface area contributed by atoms with Crippen molar-refractivity contribution in [2.24, 2.45) is 23.7 Å². The zero-order valence-corrected chi connectivity index (χ0v) is 9.80. The largest absolute Gasteiger partial charge is 0.464 e. The third kappa shape index (κ3) is 0.971. The van der Waals surface area contributed by atoms with Crippen molar-refractivity contribution in [3.63, 3.8) is 0 Å². The van der Waals surface area contributed by atoms with Gasteiger partial charge in [0.2, 0.25) is 0 Å². The van der Waals surface area contributed by atoms with E-state index >= 15 is 0 Å². The second-order valence-electron chi connectivity index (χ2n) is 6.20. The van der Waals surface area contributed by atoms with Crippen molar-refractivity contribution in [3.8, 4) is 0 Å². The van der Waals surface area contributed by atoms with Crippen molar-refractivity contribution in [1.29, 1.82) is 0 Å². The van der Waals surface area contributed by atoms with E-state index in [4.69, 9.17) is 4.42 Å². The van der Waals surface area contributed by atoms with Crippen molar-refractivity contribution in [2.75, 3.05) is 0 Å². The number of furan rings is 1. The Morgan fingerprint density at radius 2 is 1.76 bits per heavy atom. The van der Waals surface area contributed by atoms with E-state index in [1.807, 2.05) is 6.26 Å². The fourth-order valence-corrected chi connectivity index (χ4v) is 5.00. The number of hydrogen-bond donors (Lipinski definition) is 0. The molecule has 3 saturated carbocycles. The van der Waals surface area contributed by atoms with Crippen LogP contribution in [0, 0.1) is 23.7 Å². The average Bonchev–Trinajstić information content (AvgIpc) is 2.76. The van der Waals surface area contributed by atoms with Crippen molar-refractivity contribution >= 4 is 11.0 Å². The zero-order valence-electron chi connectivity index (χ0n) is 9.80. The lowest BCUT2D eigenvalue weighted by Crippen LogP contribution is -1.96. The molecular weight excluding hydrogens is 208 g/mol. The topological polar surface area (TPSA) is 13.1 Å². The fourth-order valence-electron chi connectivity index (χ4n) is 5.00. The van der Waals surface area contributed by atoms with Crippen LogP contribution < -0.4 is 0 Å². The van der Waals surface area contributed by atoms with Gasteiger partial charge in [-0.25, -0.2) is 0 Å². The number of benzene rings is 1. The molecule has 5 atom stereocenters. The van der Waals surface area contributed by atoms with E-state index < -0.39 is 0 Å². The molecule has 1 heteroatoms. The highest BCUT2D eigenvalue weighted by Crippen LogP contribution is 2.73. The van der Waals surface area contributed by atoms with Gasteiger partial charge in [-0.3, -0.25) is 0 Å². The molecule has 17 heavy (non-hydrogen) atoms. The lowest BCUT2D eigenvalue weighted by Gasteiger charge is -2.06. The summed E-state index contributed by atoms with van der Waals surface area (Å²) < 4.78 is 5.71. The third-order valence-corrected chi connectivity index (χ3v) is 5.61. The van der Waals surface area contributed by atoms with E-state index in [0.717, 1.165) is 35.2 Å². The Labute approximate surface area is 101 Å². The van der Waals surface area contributed by atoms with Crippen LogP contribution in [0.2, 0.25) is 0 Å². The van der Waals surface area contributed by atoms with Gasteiger partial charge >= 0.3 is 0 Å². The SMILES string of the molecule is c1ccc2c(C3[C@@H]4[C@H]5CC[C@H](C5)[C@H]34)coc2c1. The predicted molar refractivity (Wildman–Crippen MR) is 66.8 cm³/mol. The molecule has 0 amide bonds. The molecule has 2 bridgehead atoms. The summed E-state index contributed by atoms with van der Waals surface area (Å²) in [6.45, 7) is 0. The Hall–Kier alpha value is -1.24. The summed E-state index contributed by atoms with van der Waals surface area (Å²) in [6.07, 6.45) is 6.56. The highest BCUT2D eigenvalue weighted by Gasteiger charge is 2.65. The van der Waals surface area contributed by atoms with Crippen LogP contribution in [0.1, 0.15) is 30.7 Å². The molecule has 1 unspecified atom stereocenters. The van der Waals surface area contributed by atoms with Gasteiger partial charge in [0.1, 0.15) is 5.58 Å². The molecule has 5 rings (SSSR count). The first-order valence-corrected chi connectivity index (χ1v) is 6.89. The highest BCUT2D eigenvalue weighted by molar-refractivity contribution is 5.82. The molecule has 1 heterocycles. The molecule has 1 aromatic carbocycles. The molecule has 0 N–H and O–H groups in total. The van der Waals surface area contributed by atoms with E-state index in [1.165, 1.54) is 30.2 Å². The zero-order chi connectivity index (χ0) is 11.0. The van der Waals surface area contributed by atoms with Gasteiger partial charge in [-0.05, 0) is 54.9 Å². The van der Waals surface area contributed by atoms with Gasteiger partial charge in [0.15, 0.2) is 0 Å². The minimum atomic E-state index is 0.838. The summed E-state index contributed by atoms with van der Waals surface area (Å²) in [5.74, 6) is 4.95. The lowest BCUT2D eigenvalue weighted by atomic mass is 9.97. The Bertz CT molecular complexity index is 580. The van der Waals surface area contributed by atoms with Gasteiger partial charge in [-0.2, -0.15) is 0 Å². The van der Waals surface area contributed by atoms with E-state index in [9.17, 15) is 0 Å². The quantitative estimate of drug-likeness (QED) is 0.707. The standard InChI is InChI=1S/C16H16O/c1-2-4-13-11(3-1)12(8-17-13)16-14-9-5-6-10(7-9)15(14)16/h1-4,8-10,14-16H,5-7H2/t9-,10+,14+,15-,16?. The van der Waals surface area contributed by atoms with E-state index in [-0.39, 0.29) is 0 Å². The van der Waals surface area contributed by atoms with Gasteiger partial charge in [0.05, 0.1) is 6.26 Å². The summed E-state index contributed by atoms with van der Waals surface area (Å²) in [7, 11) is 0. The second kappa shape index (κ2) is 2.77. The van der Waals surface area contributed by atoms with Crippen LogP contribution in [-0.2, 0) is 0 Å². The molecule has 0 aliphatic heterocycles. The average molecular weight is 224 g/mol. The summed E-state index contributed by atoms with van der Waals surface area (Å²) >= 11 is 0. The Kier molecular flexibility index (Phi) is 1.43. The van der Waals surface area contributed by atoms with E-state index in [0.29, 0.717) is 0 Å². The van der Waals surface area contributed by atoms with Crippen LogP contribution in [0.25, 0.3) is 11.0 Å². The van der Waals surface area contributed by atoms with Crippen LogP contribution in [0.5, 0.6) is 0 Å². The Morgan fingerprint density at radius 1 is 1.00 bits per heavy atom. The van der Waals surface area contributed by atoms with Gasteiger partial charge in [-0.1, -0.05) is 18.2 Å². The van der Waals surface area contributed by atoms with Crippen molar-refractivity contribution in [2.45, 2.75) is 25.2 Å². The van der Waals surface area contributed by atoms with Gasteiger partial charge in [-0.15, -0.1) is 0 Å². The molecule has 0 saturated heterocycles. The first kappa shape index (κ1) is 8.79. The molecule has 3 aliphatic carbocycles. The minimum absolute atomic E-state index is 0.838. The van der Waals surface area contributed by atoms with Crippen LogP contribution >= 0.6 is 0 Å². The summed E-state index contributed by atoms with van der Waals surface area (Å²) in [4.78, 5) is 0. The maximum absolute atomic E-state index is 5.71. The molecular formula is C16H16O. The minimum Gasteiger partial charge on any atom is -0.464 e. The molecule has 1 aromatic heterocycles. The Balaban J connectivity index is 1.62. The van der Waals surface area contributed by atoms with Crippen LogP contribution in [0.15, 0.2) is 34.9 Å². The van der Waals surface area contributed by atoms with Crippen LogP contribution in [0.4, 0.5) is 0 Å². The fraction of sp³-hybridized carbons (Fsp3) is 0.500. The third-order valence-electron chi connectivity index (χ3n) is 5.61. The van der Waals surface area contributed by atoms with Crippen molar-refractivity contribution in [1.82, 2.24) is 0 Å². The van der Waals surface area contributed by atoms with Crippen molar-refractivity contribution < 1.29 is 4.42 Å². The number of hydrogen-bond acceptors (Lipinski definition) is 1. The maximum atomic E-state index is 5.71. The summed E-state index contributed by atoms with van der Waals surface area (Å²) in [5.41, 5.74) is 2.58. The molecule has 1 nitrogen and oxygen atoms in total. The molecule has 2 aromatic rings. The van der Waals surface area contributed by atoms with Gasteiger partial charge in [0.25, 0.3) is 0 Å². The number of para-hydroxylation sites is 1. The monoisotopic (exact) mass is 224 g/mol. The number of fused-ring (bicyclic) bond motifs is 6.